The summed E-state index contributed by atoms with van der Waals surface area (Å²) in [6.45, 7) is 12.3. The lowest BCUT2D eigenvalue weighted by Crippen LogP contribution is -2.46. The van der Waals surface area contributed by atoms with Crippen molar-refractivity contribution in [2.75, 3.05) is 13.7 Å². The molecule has 0 fully saturated rings. The number of hydrogen-bond donors (Lipinski definition) is 1. The second-order valence-electron chi connectivity index (χ2n) is 7.12. The lowest BCUT2D eigenvalue weighted by atomic mass is 9.73. The van der Waals surface area contributed by atoms with Crippen LogP contribution in [0.2, 0.25) is 0 Å². The summed E-state index contributed by atoms with van der Waals surface area (Å²) in [5.41, 5.74) is 1.75. The van der Waals surface area contributed by atoms with Crippen molar-refractivity contribution < 1.29 is 4.74 Å². The summed E-state index contributed by atoms with van der Waals surface area (Å²) in [5, 5.41) is 3.73. The Balaban J connectivity index is 3.13. The highest BCUT2D eigenvalue weighted by atomic mass is 16.5. The maximum atomic E-state index is 5.43. The van der Waals surface area contributed by atoms with Gasteiger partial charge in [0.2, 0.25) is 0 Å². The van der Waals surface area contributed by atoms with Gasteiger partial charge in [-0.2, -0.15) is 0 Å². The van der Waals surface area contributed by atoms with Gasteiger partial charge in [0.05, 0.1) is 7.11 Å². The van der Waals surface area contributed by atoms with Gasteiger partial charge in [-0.1, -0.05) is 38.8 Å². The second kappa shape index (κ2) is 7.84. The topological polar surface area (TPSA) is 21.3 Å². The van der Waals surface area contributed by atoms with Gasteiger partial charge in [0, 0.05) is 17.5 Å². The minimum Gasteiger partial charge on any atom is -0.497 e. The van der Waals surface area contributed by atoms with Crippen LogP contribution in [0, 0.1) is 0 Å². The molecule has 1 rings (SSSR count). The van der Waals surface area contributed by atoms with Crippen molar-refractivity contribution in [1.82, 2.24) is 5.32 Å². The fourth-order valence-corrected chi connectivity index (χ4v) is 3.04. The minimum absolute atomic E-state index is 0.144. The van der Waals surface area contributed by atoms with E-state index < -0.39 is 0 Å². The standard InChI is InChI=1S/C19H33NO/c1-7-12-19(13-8-2,15-20-18(3,4)5)16-10-9-11-17(14-16)21-6/h9-11,14,20H,7-8,12-13,15H2,1-6H3. The predicted octanol–water partition coefficient (Wildman–Crippen LogP) is 4.92. The fourth-order valence-electron chi connectivity index (χ4n) is 3.04. The SMILES string of the molecule is CCCC(CCC)(CNC(C)(C)C)c1cccc(OC)c1. The molecule has 0 saturated carbocycles. The van der Waals surface area contributed by atoms with Gasteiger partial charge in [0.15, 0.2) is 0 Å². The van der Waals surface area contributed by atoms with Gasteiger partial charge in [0.1, 0.15) is 5.75 Å². The van der Waals surface area contributed by atoms with E-state index in [0.29, 0.717) is 0 Å². The van der Waals surface area contributed by atoms with E-state index in [1.54, 1.807) is 7.11 Å². The molecule has 0 aliphatic heterocycles. The average molecular weight is 291 g/mol. The highest BCUT2D eigenvalue weighted by Crippen LogP contribution is 2.36. The first kappa shape index (κ1) is 18.0. The molecule has 0 heterocycles. The Hall–Kier alpha value is -1.02. The predicted molar refractivity (Wildman–Crippen MR) is 92.2 cm³/mol. The van der Waals surface area contributed by atoms with Gasteiger partial charge >= 0.3 is 0 Å². The Morgan fingerprint density at radius 3 is 2.14 bits per heavy atom. The first-order chi connectivity index (χ1) is 9.87. The third-order valence-electron chi connectivity index (χ3n) is 4.10. The van der Waals surface area contributed by atoms with Gasteiger partial charge in [0.25, 0.3) is 0 Å². The molecule has 0 saturated heterocycles. The smallest absolute Gasteiger partial charge is 0.119 e. The zero-order valence-electron chi connectivity index (χ0n) is 14.8. The van der Waals surface area contributed by atoms with Crippen LogP contribution in [0.5, 0.6) is 5.75 Å². The van der Waals surface area contributed by atoms with Crippen molar-refractivity contribution in [2.24, 2.45) is 0 Å². The molecule has 0 spiro atoms. The molecule has 0 atom stereocenters. The van der Waals surface area contributed by atoms with Gasteiger partial charge < -0.3 is 10.1 Å². The minimum atomic E-state index is 0.144. The quantitative estimate of drug-likeness (QED) is 0.734. The molecular formula is C19H33NO. The van der Waals surface area contributed by atoms with Crippen LogP contribution in [0.4, 0.5) is 0 Å². The summed E-state index contributed by atoms with van der Waals surface area (Å²) in [5.74, 6) is 0.958. The zero-order valence-corrected chi connectivity index (χ0v) is 14.8. The van der Waals surface area contributed by atoms with Crippen LogP contribution in [0.3, 0.4) is 0 Å². The van der Waals surface area contributed by atoms with E-state index in [0.717, 1.165) is 12.3 Å². The molecule has 0 bridgehead atoms. The number of hydrogen-bond acceptors (Lipinski definition) is 2. The van der Waals surface area contributed by atoms with Crippen molar-refractivity contribution in [3.8, 4) is 5.75 Å². The number of ether oxygens (including phenoxy) is 1. The first-order valence-corrected chi connectivity index (χ1v) is 8.26. The van der Waals surface area contributed by atoms with Gasteiger partial charge in [-0.15, -0.1) is 0 Å². The summed E-state index contributed by atoms with van der Waals surface area (Å²) in [7, 11) is 1.74. The summed E-state index contributed by atoms with van der Waals surface area (Å²) in [6.07, 6.45) is 4.81. The lowest BCUT2D eigenvalue weighted by molar-refractivity contribution is 0.291. The Morgan fingerprint density at radius 1 is 1.05 bits per heavy atom. The van der Waals surface area contributed by atoms with Gasteiger partial charge in [-0.05, 0) is 51.3 Å². The highest BCUT2D eigenvalue weighted by Gasteiger charge is 2.31. The molecule has 1 N–H and O–H groups in total. The molecule has 2 heteroatoms. The summed E-state index contributed by atoms with van der Waals surface area (Å²) in [4.78, 5) is 0. The Bertz CT molecular complexity index is 414. The van der Waals surface area contributed by atoms with Crippen LogP contribution in [0.25, 0.3) is 0 Å². The Morgan fingerprint density at radius 2 is 1.67 bits per heavy atom. The van der Waals surface area contributed by atoms with E-state index in [1.807, 2.05) is 6.07 Å². The van der Waals surface area contributed by atoms with Crippen LogP contribution < -0.4 is 10.1 Å². The van der Waals surface area contributed by atoms with Crippen molar-refractivity contribution in [3.05, 3.63) is 29.8 Å². The van der Waals surface area contributed by atoms with E-state index in [1.165, 1.54) is 31.2 Å². The van der Waals surface area contributed by atoms with Crippen LogP contribution in [0.1, 0.15) is 65.9 Å². The molecule has 0 aliphatic carbocycles. The monoisotopic (exact) mass is 291 g/mol. The molecule has 0 aromatic heterocycles. The Labute approximate surface area is 131 Å². The molecule has 0 unspecified atom stereocenters. The van der Waals surface area contributed by atoms with Crippen molar-refractivity contribution in [3.63, 3.8) is 0 Å². The summed E-state index contributed by atoms with van der Waals surface area (Å²) < 4.78 is 5.43. The van der Waals surface area contributed by atoms with Crippen LogP contribution in [0.15, 0.2) is 24.3 Å². The molecular weight excluding hydrogens is 258 g/mol. The molecule has 2 nitrogen and oxygen atoms in total. The van der Waals surface area contributed by atoms with Crippen LogP contribution in [-0.4, -0.2) is 19.2 Å². The van der Waals surface area contributed by atoms with Gasteiger partial charge in [-0.3, -0.25) is 0 Å². The molecule has 0 amide bonds. The zero-order chi connectivity index (χ0) is 15.9. The van der Waals surface area contributed by atoms with E-state index in [4.69, 9.17) is 4.74 Å². The summed E-state index contributed by atoms with van der Waals surface area (Å²) >= 11 is 0. The number of nitrogens with one attached hydrogen (secondary N) is 1. The molecule has 1 aromatic rings. The molecule has 120 valence electrons. The van der Waals surface area contributed by atoms with E-state index in [-0.39, 0.29) is 11.0 Å². The van der Waals surface area contributed by atoms with E-state index in [2.05, 4.69) is 58.1 Å². The van der Waals surface area contributed by atoms with Crippen LogP contribution in [-0.2, 0) is 5.41 Å². The second-order valence-corrected chi connectivity index (χ2v) is 7.12. The van der Waals surface area contributed by atoms with Crippen molar-refractivity contribution in [2.45, 2.75) is 71.3 Å². The normalized spacial score (nSPS) is 12.5. The largest absolute Gasteiger partial charge is 0.497 e. The number of methoxy groups -OCH3 is 1. The molecule has 0 aliphatic rings. The fraction of sp³-hybridized carbons (Fsp3) is 0.684. The summed E-state index contributed by atoms with van der Waals surface area (Å²) in [6, 6.07) is 8.63. The van der Waals surface area contributed by atoms with E-state index >= 15 is 0 Å². The van der Waals surface area contributed by atoms with Crippen LogP contribution >= 0.6 is 0 Å². The van der Waals surface area contributed by atoms with Crippen molar-refractivity contribution in [1.29, 1.82) is 0 Å². The molecule has 21 heavy (non-hydrogen) atoms. The first-order valence-electron chi connectivity index (χ1n) is 8.26. The number of rotatable bonds is 8. The highest BCUT2D eigenvalue weighted by molar-refractivity contribution is 5.34. The third kappa shape index (κ3) is 5.35. The number of benzene rings is 1. The Kier molecular flexibility index (Phi) is 6.73. The maximum Gasteiger partial charge on any atom is 0.119 e. The average Bonchev–Trinajstić information content (AvgIpc) is 2.44. The molecule has 0 radical (unpaired) electrons. The van der Waals surface area contributed by atoms with Crippen molar-refractivity contribution >= 4 is 0 Å². The van der Waals surface area contributed by atoms with E-state index in [9.17, 15) is 0 Å². The maximum absolute atomic E-state index is 5.43. The third-order valence-corrected chi connectivity index (χ3v) is 4.10. The molecule has 1 aromatic carbocycles. The van der Waals surface area contributed by atoms with Gasteiger partial charge in [-0.25, -0.2) is 0 Å². The lowest BCUT2D eigenvalue weighted by Gasteiger charge is -2.37.